The monoisotopic (exact) mass is 351 g/mol. The second-order valence-corrected chi connectivity index (χ2v) is 7.48. The highest BCUT2D eigenvalue weighted by Gasteiger charge is 2.24. The Balaban J connectivity index is 2.24. The number of rotatable bonds is 6. The van der Waals surface area contributed by atoms with Gasteiger partial charge in [-0.3, -0.25) is 4.79 Å². The summed E-state index contributed by atoms with van der Waals surface area (Å²) in [7, 11) is -3.67. The minimum atomic E-state index is -3.67. The number of carbonyl (C=O) groups is 1. The summed E-state index contributed by atoms with van der Waals surface area (Å²) < 4.78 is 29.8. The molecule has 1 amide bonds. The maximum Gasteiger partial charge on any atom is 0.245 e. The van der Waals surface area contributed by atoms with Crippen molar-refractivity contribution in [3.8, 4) is 0 Å². The summed E-state index contributed by atoms with van der Waals surface area (Å²) in [6.07, 6.45) is 1.78. The van der Waals surface area contributed by atoms with Crippen LogP contribution >= 0.6 is 0 Å². The number of hydrogen-bond donors (Lipinski definition) is 1. The summed E-state index contributed by atoms with van der Waals surface area (Å²) in [6, 6.07) is 7.21. The Morgan fingerprint density at radius 1 is 1.33 bits per heavy atom. The van der Waals surface area contributed by atoms with Crippen molar-refractivity contribution in [3.05, 3.63) is 41.2 Å². The summed E-state index contributed by atoms with van der Waals surface area (Å²) in [5.41, 5.74) is 2.63. The zero-order valence-corrected chi connectivity index (χ0v) is 15.0. The molecule has 0 unspecified atom stereocenters. The molecule has 130 valence electrons. The Labute approximate surface area is 141 Å². The molecule has 1 heterocycles. The molecule has 1 aromatic heterocycles. The molecular formula is C16H21N3O4S. The number of nitrogens with one attached hydrogen (secondary N) is 1. The summed E-state index contributed by atoms with van der Waals surface area (Å²) >= 11 is 0. The van der Waals surface area contributed by atoms with Crippen LogP contribution in [-0.2, 0) is 21.2 Å². The van der Waals surface area contributed by atoms with Gasteiger partial charge in [0.05, 0.1) is 6.26 Å². The van der Waals surface area contributed by atoms with Gasteiger partial charge in [-0.1, -0.05) is 30.3 Å². The van der Waals surface area contributed by atoms with E-state index in [0.29, 0.717) is 5.76 Å². The molecule has 24 heavy (non-hydrogen) atoms. The van der Waals surface area contributed by atoms with E-state index < -0.39 is 15.9 Å². The van der Waals surface area contributed by atoms with Crippen LogP contribution in [0.1, 0.15) is 23.8 Å². The van der Waals surface area contributed by atoms with Crippen LogP contribution in [0.3, 0.4) is 0 Å². The zero-order valence-electron chi connectivity index (χ0n) is 14.2. The van der Waals surface area contributed by atoms with Crippen molar-refractivity contribution in [1.29, 1.82) is 0 Å². The van der Waals surface area contributed by atoms with E-state index in [0.717, 1.165) is 33.8 Å². The largest absolute Gasteiger partial charge is 0.360 e. The van der Waals surface area contributed by atoms with Crippen LogP contribution in [0.2, 0.25) is 0 Å². The SMILES string of the molecule is CCc1cccc(C)c1NC(=O)CN(c1cc(C)on1)S(C)(=O)=O. The standard InChI is InChI=1S/C16H21N3O4S/c1-5-13-8-6-7-11(2)16(13)17-15(20)10-19(24(4,21)22)14-9-12(3)23-18-14/h6-9H,5,10H2,1-4H3,(H,17,20). The number of benzene rings is 1. The minimum absolute atomic E-state index is 0.0886. The number of amides is 1. The Kier molecular flexibility index (Phi) is 5.28. The van der Waals surface area contributed by atoms with E-state index in [1.165, 1.54) is 6.07 Å². The van der Waals surface area contributed by atoms with Crippen LogP contribution in [0, 0.1) is 13.8 Å². The summed E-state index contributed by atoms with van der Waals surface area (Å²) in [5, 5.41) is 6.49. The first-order valence-electron chi connectivity index (χ1n) is 7.51. The molecule has 2 rings (SSSR count). The van der Waals surface area contributed by atoms with E-state index in [2.05, 4.69) is 10.5 Å². The first-order valence-corrected chi connectivity index (χ1v) is 9.36. The van der Waals surface area contributed by atoms with Crippen LogP contribution in [0.25, 0.3) is 0 Å². The van der Waals surface area contributed by atoms with Gasteiger partial charge >= 0.3 is 0 Å². The highest BCUT2D eigenvalue weighted by atomic mass is 32.2. The molecule has 2 aromatic rings. The van der Waals surface area contributed by atoms with Gasteiger partial charge in [-0.15, -0.1) is 0 Å². The van der Waals surface area contributed by atoms with Gasteiger partial charge in [0.2, 0.25) is 15.9 Å². The van der Waals surface area contributed by atoms with Crippen LogP contribution < -0.4 is 9.62 Å². The van der Waals surface area contributed by atoms with E-state index in [1.54, 1.807) is 6.92 Å². The van der Waals surface area contributed by atoms with Gasteiger partial charge in [-0.2, -0.15) is 0 Å². The van der Waals surface area contributed by atoms with Gasteiger partial charge in [0, 0.05) is 11.8 Å². The smallest absolute Gasteiger partial charge is 0.245 e. The second kappa shape index (κ2) is 7.04. The molecule has 8 heteroatoms. The fourth-order valence-corrected chi connectivity index (χ4v) is 3.13. The van der Waals surface area contributed by atoms with E-state index >= 15 is 0 Å². The van der Waals surface area contributed by atoms with Gasteiger partial charge in [-0.05, 0) is 31.4 Å². The molecule has 0 bridgehead atoms. The van der Waals surface area contributed by atoms with E-state index in [4.69, 9.17) is 4.52 Å². The highest BCUT2D eigenvalue weighted by Crippen LogP contribution is 2.22. The van der Waals surface area contributed by atoms with Crippen LogP contribution in [0.5, 0.6) is 0 Å². The topological polar surface area (TPSA) is 92.5 Å². The number of sulfonamides is 1. The van der Waals surface area contributed by atoms with Crippen molar-refractivity contribution in [2.24, 2.45) is 0 Å². The fourth-order valence-electron chi connectivity index (χ4n) is 2.35. The number of hydrogen-bond acceptors (Lipinski definition) is 5. The molecule has 0 aliphatic carbocycles. The first-order chi connectivity index (χ1) is 11.2. The third-order valence-corrected chi connectivity index (χ3v) is 4.68. The van der Waals surface area contributed by atoms with Crippen LogP contribution in [-0.4, -0.2) is 32.3 Å². The highest BCUT2D eigenvalue weighted by molar-refractivity contribution is 7.92. The summed E-state index contributed by atoms with van der Waals surface area (Å²) in [5.74, 6) is 0.113. The number of aryl methyl sites for hydroxylation is 3. The van der Waals surface area contributed by atoms with Gasteiger partial charge in [-0.25, -0.2) is 12.7 Å². The van der Waals surface area contributed by atoms with E-state index in [1.807, 2.05) is 32.0 Å². The summed E-state index contributed by atoms with van der Waals surface area (Å²) in [6.45, 7) is 5.16. The van der Waals surface area contributed by atoms with Crippen molar-refractivity contribution >= 4 is 27.4 Å². The van der Waals surface area contributed by atoms with Crippen molar-refractivity contribution in [2.45, 2.75) is 27.2 Å². The molecule has 0 fully saturated rings. The molecule has 0 radical (unpaired) electrons. The lowest BCUT2D eigenvalue weighted by Gasteiger charge is -2.19. The molecule has 1 N–H and O–H groups in total. The molecule has 0 spiro atoms. The number of carbonyl (C=O) groups excluding carboxylic acids is 1. The summed E-state index contributed by atoms with van der Waals surface area (Å²) in [4.78, 5) is 12.4. The van der Waals surface area contributed by atoms with Crippen LogP contribution in [0.15, 0.2) is 28.8 Å². The van der Waals surface area contributed by atoms with Gasteiger partial charge in [0.15, 0.2) is 5.82 Å². The van der Waals surface area contributed by atoms with Crippen molar-refractivity contribution in [3.63, 3.8) is 0 Å². The van der Waals surface area contributed by atoms with Gasteiger partial charge < -0.3 is 9.84 Å². The predicted molar refractivity (Wildman–Crippen MR) is 92.6 cm³/mol. The fraction of sp³-hybridized carbons (Fsp3) is 0.375. The normalized spacial score (nSPS) is 11.3. The van der Waals surface area contributed by atoms with E-state index in [9.17, 15) is 13.2 Å². The van der Waals surface area contributed by atoms with Crippen LogP contribution in [0.4, 0.5) is 11.5 Å². The number of anilines is 2. The molecule has 7 nitrogen and oxygen atoms in total. The average Bonchev–Trinajstić information content (AvgIpc) is 2.91. The number of nitrogens with zero attached hydrogens (tertiary/aromatic N) is 2. The number of para-hydroxylation sites is 1. The molecule has 1 aromatic carbocycles. The van der Waals surface area contributed by atoms with Gasteiger partial charge in [0.1, 0.15) is 12.3 Å². The molecule has 0 saturated heterocycles. The molecule has 0 aliphatic heterocycles. The Bertz CT molecular complexity index is 843. The third kappa shape index (κ3) is 4.14. The maximum absolute atomic E-state index is 12.4. The second-order valence-electron chi connectivity index (χ2n) is 5.58. The third-order valence-electron chi connectivity index (χ3n) is 3.56. The molecule has 0 saturated carbocycles. The lowest BCUT2D eigenvalue weighted by atomic mass is 10.1. The van der Waals surface area contributed by atoms with Crippen molar-refractivity contribution < 1.29 is 17.7 Å². The Morgan fingerprint density at radius 3 is 2.58 bits per heavy atom. The lowest BCUT2D eigenvalue weighted by molar-refractivity contribution is -0.114. The first kappa shape index (κ1) is 18.0. The molecular weight excluding hydrogens is 330 g/mol. The zero-order chi connectivity index (χ0) is 17.9. The quantitative estimate of drug-likeness (QED) is 0.862. The molecule has 0 atom stereocenters. The number of aromatic nitrogens is 1. The minimum Gasteiger partial charge on any atom is -0.360 e. The maximum atomic E-state index is 12.4. The Morgan fingerprint density at radius 2 is 2.04 bits per heavy atom. The lowest BCUT2D eigenvalue weighted by Crippen LogP contribution is -2.37. The van der Waals surface area contributed by atoms with E-state index in [-0.39, 0.29) is 12.4 Å². The predicted octanol–water partition coefficient (Wildman–Crippen LogP) is 2.26. The van der Waals surface area contributed by atoms with Crippen molar-refractivity contribution in [2.75, 3.05) is 22.4 Å². The average molecular weight is 351 g/mol. The Hall–Kier alpha value is -2.35. The van der Waals surface area contributed by atoms with Crippen molar-refractivity contribution in [1.82, 2.24) is 5.16 Å². The molecule has 0 aliphatic rings. The van der Waals surface area contributed by atoms with Gasteiger partial charge in [0.25, 0.3) is 0 Å².